The summed E-state index contributed by atoms with van der Waals surface area (Å²) in [6.45, 7) is 0. The third-order valence-corrected chi connectivity index (χ3v) is 8.71. The molecule has 2 N–H and O–H groups in total. The highest BCUT2D eigenvalue weighted by Crippen LogP contribution is 2.58. The molecule has 1 unspecified atom stereocenters. The lowest BCUT2D eigenvalue weighted by Gasteiger charge is -2.46. The van der Waals surface area contributed by atoms with Crippen LogP contribution in [0.2, 0.25) is 10.0 Å². The standard InChI is InChI=1S/C31H23Cl2IN2O4/c1-39-21-7-9-22(10-8-21)40-27-12-6-20(34)15-23(27)29-31(24-11-5-19(33)14-26(24)35-30(31)38)25(16-28(37)36-29)17-3-2-4-18(32)13-17/h2-15,25,29H,16H2,1H3,(H,35,38)(H,36,37)/t25?,29-,31+/m1/s1. The smallest absolute Gasteiger partial charge is 0.238 e. The van der Waals surface area contributed by atoms with E-state index in [0.717, 1.165) is 14.7 Å². The van der Waals surface area contributed by atoms with Crippen LogP contribution in [-0.2, 0) is 15.0 Å². The van der Waals surface area contributed by atoms with Crippen LogP contribution in [0.4, 0.5) is 5.69 Å². The van der Waals surface area contributed by atoms with Gasteiger partial charge in [-0.15, -0.1) is 0 Å². The fourth-order valence-corrected chi connectivity index (χ4v) is 6.76. The fourth-order valence-electron chi connectivity index (χ4n) is 5.88. The molecule has 4 aromatic carbocycles. The third-order valence-electron chi connectivity index (χ3n) is 7.57. The summed E-state index contributed by atoms with van der Waals surface area (Å²) >= 11 is 15.0. The van der Waals surface area contributed by atoms with E-state index in [1.807, 2.05) is 66.7 Å². The molecule has 0 bridgehead atoms. The van der Waals surface area contributed by atoms with Crippen LogP contribution in [-0.4, -0.2) is 18.9 Å². The van der Waals surface area contributed by atoms with Crippen molar-refractivity contribution in [1.82, 2.24) is 5.32 Å². The number of nitrogens with one attached hydrogen (secondary N) is 2. The molecule has 0 saturated carbocycles. The molecule has 202 valence electrons. The fraction of sp³-hybridized carbons (Fsp3) is 0.161. The summed E-state index contributed by atoms with van der Waals surface area (Å²) in [4.78, 5) is 27.7. The van der Waals surface area contributed by atoms with Gasteiger partial charge in [0.15, 0.2) is 0 Å². The van der Waals surface area contributed by atoms with Gasteiger partial charge in [0.2, 0.25) is 11.8 Å². The number of ether oxygens (including phenoxy) is 2. The van der Waals surface area contributed by atoms with Crippen molar-refractivity contribution in [2.45, 2.75) is 23.8 Å². The number of fused-ring (bicyclic) bond motifs is 2. The minimum Gasteiger partial charge on any atom is -0.497 e. The Morgan fingerprint density at radius 3 is 2.40 bits per heavy atom. The lowest BCUT2D eigenvalue weighted by atomic mass is 9.59. The van der Waals surface area contributed by atoms with E-state index in [-0.39, 0.29) is 18.2 Å². The molecule has 40 heavy (non-hydrogen) atoms. The molecule has 2 amide bonds. The van der Waals surface area contributed by atoms with Crippen molar-refractivity contribution in [3.05, 3.63) is 115 Å². The molecule has 1 saturated heterocycles. The molecular weight excluding hydrogens is 662 g/mol. The Morgan fingerprint density at radius 2 is 1.65 bits per heavy atom. The highest BCUT2D eigenvalue weighted by Gasteiger charge is 2.61. The summed E-state index contributed by atoms with van der Waals surface area (Å²) < 4.78 is 12.6. The van der Waals surface area contributed by atoms with Gasteiger partial charge in [0.05, 0.1) is 13.2 Å². The largest absolute Gasteiger partial charge is 0.497 e. The van der Waals surface area contributed by atoms with E-state index in [1.54, 1.807) is 25.3 Å². The van der Waals surface area contributed by atoms with Crippen LogP contribution in [0.15, 0.2) is 84.9 Å². The Hall–Kier alpha value is -3.27. The summed E-state index contributed by atoms with van der Waals surface area (Å²) in [5.74, 6) is 0.903. The van der Waals surface area contributed by atoms with E-state index >= 15 is 0 Å². The summed E-state index contributed by atoms with van der Waals surface area (Å²) in [6.07, 6.45) is 0.102. The summed E-state index contributed by atoms with van der Waals surface area (Å²) in [5.41, 5.74) is 1.65. The Balaban J connectivity index is 1.58. The van der Waals surface area contributed by atoms with Gasteiger partial charge in [-0.05, 0) is 100 Å². The van der Waals surface area contributed by atoms with Crippen LogP contribution in [0.25, 0.3) is 0 Å². The first-order chi connectivity index (χ1) is 19.3. The number of carbonyl (C=O) groups excluding carboxylic acids is 2. The van der Waals surface area contributed by atoms with Gasteiger partial charge in [0, 0.05) is 37.2 Å². The Morgan fingerprint density at radius 1 is 0.900 bits per heavy atom. The lowest BCUT2D eigenvalue weighted by Crippen LogP contribution is -2.56. The van der Waals surface area contributed by atoms with Crippen molar-refractivity contribution in [3.8, 4) is 17.2 Å². The zero-order valence-electron chi connectivity index (χ0n) is 21.2. The van der Waals surface area contributed by atoms with Crippen LogP contribution in [0.1, 0.15) is 35.1 Å². The molecule has 6 nitrogen and oxygen atoms in total. The van der Waals surface area contributed by atoms with Crippen molar-refractivity contribution in [2.75, 3.05) is 12.4 Å². The first-order valence-corrected chi connectivity index (χ1v) is 14.4. The number of anilines is 1. The zero-order valence-corrected chi connectivity index (χ0v) is 24.9. The minimum absolute atomic E-state index is 0.102. The van der Waals surface area contributed by atoms with Crippen molar-refractivity contribution in [1.29, 1.82) is 0 Å². The van der Waals surface area contributed by atoms with E-state index in [4.69, 9.17) is 32.7 Å². The number of halogens is 3. The zero-order chi connectivity index (χ0) is 28.0. The monoisotopic (exact) mass is 684 g/mol. The van der Waals surface area contributed by atoms with Gasteiger partial charge in [-0.1, -0.05) is 41.4 Å². The van der Waals surface area contributed by atoms with Gasteiger partial charge in [-0.2, -0.15) is 0 Å². The third kappa shape index (κ3) is 4.60. The van der Waals surface area contributed by atoms with Crippen molar-refractivity contribution < 1.29 is 19.1 Å². The molecule has 2 aliphatic heterocycles. The van der Waals surface area contributed by atoms with Crippen LogP contribution in [0, 0.1) is 3.57 Å². The highest BCUT2D eigenvalue weighted by molar-refractivity contribution is 14.1. The van der Waals surface area contributed by atoms with Crippen LogP contribution in [0.3, 0.4) is 0 Å². The molecule has 4 aromatic rings. The molecule has 0 radical (unpaired) electrons. The van der Waals surface area contributed by atoms with Crippen LogP contribution < -0.4 is 20.1 Å². The Labute approximate surface area is 255 Å². The molecule has 6 rings (SSSR count). The number of hydrogen-bond donors (Lipinski definition) is 2. The second-order valence-electron chi connectivity index (χ2n) is 9.79. The van der Waals surface area contributed by atoms with Gasteiger partial charge in [0.25, 0.3) is 0 Å². The predicted molar refractivity (Wildman–Crippen MR) is 164 cm³/mol. The SMILES string of the molecule is COc1ccc(Oc2ccc(I)cc2[C@H]2NC(=O)CC(c3cccc(Cl)c3)[C@]23C(=O)Nc2cc(Cl)ccc23)cc1. The van der Waals surface area contributed by atoms with Gasteiger partial charge < -0.3 is 20.1 Å². The van der Waals surface area contributed by atoms with E-state index in [1.165, 1.54) is 0 Å². The van der Waals surface area contributed by atoms with Crippen LogP contribution >= 0.6 is 45.8 Å². The quantitative estimate of drug-likeness (QED) is 0.212. The molecule has 0 aliphatic carbocycles. The maximum Gasteiger partial charge on any atom is 0.238 e. The molecule has 2 aliphatic rings. The average molecular weight is 685 g/mol. The molecular formula is C31H23Cl2IN2O4. The molecule has 1 spiro atoms. The van der Waals surface area contributed by atoms with Gasteiger partial charge in [-0.25, -0.2) is 0 Å². The van der Waals surface area contributed by atoms with Crippen LogP contribution in [0.5, 0.6) is 17.2 Å². The maximum atomic E-state index is 14.3. The van der Waals surface area contributed by atoms with E-state index in [9.17, 15) is 9.59 Å². The molecule has 3 atom stereocenters. The number of methoxy groups -OCH3 is 1. The number of amides is 2. The molecule has 1 fully saturated rings. The summed E-state index contributed by atoms with van der Waals surface area (Å²) in [5, 5.41) is 7.26. The molecule has 2 heterocycles. The van der Waals surface area contributed by atoms with Gasteiger partial charge in [0.1, 0.15) is 22.7 Å². The van der Waals surface area contributed by atoms with Crippen molar-refractivity contribution in [3.63, 3.8) is 0 Å². The second-order valence-corrected chi connectivity index (χ2v) is 11.9. The molecule has 0 aromatic heterocycles. The highest BCUT2D eigenvalue weighted by atomic mass is 127. The lowest BCUT2D eigenvalue weighted by molar-refractivity contribution is -0.131. The Kier molecular flexibility index (Phi) is 7.14. The second kappa shape index (κ2) is 10.6. The predicted octanol–water partition coefficient (Wildman–Crippen LogP) is 7.63. The number of piperidine rings is 1. The average Bonchev–Trinajstić information content (AvgIpc) is 3.22. The number of rotatable bonds is 5. The van der Waals surface area contributed by atoms with E-state index in [2.05, 4.69) is 33.2 Å². The molecule has 9 heteroatoms. The van der Waals surface area contributed by atoms with Crippen molar-refractivity contribution >= 4 is 63.3 Å². The summed E-state index contributed by atoms with van der Waals surface area (Å²) in [7, 11) is 1.60. The first kappa shape index (κ1) is 26.9. The normalized spacial score (nSPS) is 21.5. The van der Waals surface area contributed by atoms with Crippen molar-refractivity contribution in [2.24, 2.45) is 0 Å². The topological polar surface area (TPSA) is 76.7 Å². The van der Waals surface area contributed by atoms with E-state index < -0.39 is 17.4 Å². The minimum atomic E-state index is -1.21. The van der Waals surface area contributed by atoms with Gasteiger partial charge in [-0.3, -0.25) is 9.59 Å². The Bertz CT molecular complexity index is 1650. The summed E-state index contributed by atoms with van der Waals surface area (Å²) in [6, 6.07) is 25.0. The number of hydrogen-bond acceptors (Lipinski definition) is 4. The number of carbonyl (C=O) groups is 2. The first-order valence-electron chi connectivity index (χ1n) is 12.6. The number of benzene rings is 4. The maximum absolute atomic E-state index is 14.3. The van der Waals surface area contributed by atoms with Gasteiger partial charge >= 0.3 is 0 Å². The van der Waals surface area contributed by atoms with E-state index in [0.29, 0.717) is 38.5 Å².